The van der Waals surface area contributed by atoms with Gasteiger partial charge in [-0.1, -0.05) is 35.9 Å². The molecule has 0 saturated carbocycles. The van der Waals surface area contributed by atoms with Crippen molar-refractivity contribution >= 4 is 17.5 Å². The van der Waals surface area contributed by atoms with E-state index in [2.05, 4.69) is 10.6 Å². The summed E-state index contributed by atoms with van der Waals surface area (Å²) in [4.78, 5) is 25.5. The number of nitrogens with one attached hydrogen (secondary N) is 2. The van der Waals surface area contributed by atoms with Gasteiger partial charge in [0, 0.05) is 18.0 Å². The monoisotopic (exact) mass is 336 g/mol. The Morgan fingerprint density at radius 2 is 1.92 bits per heavy atom. The molecule has 0 spiro atoms. The molecule has 0 aromatic heterocycles. The van der Waals surface area contributed by atoms with Gasteiger partial charge in [-0.25, -0.2) is 0 Å². The van der Waals surface area contributed by atoms with Crippen molar-refractivity contribution in [2.45, 2.75) is 31.9 Å². The summed E-state index contributed by atoms with van der Waals surface area (Å²) >= 11 is 0. The minimum absolute atomic E-state index is 0.200. The number of benzene rings is 2. The van der Waals surface area contributed by atoms with Crippen LogP contribution in [0.2, 0.25) is 0 Å². The fourth-order valence-electron chi connectivity index (χ4n) is 3.75. The highest BCUT2D eigenvalue weighted by Gasteiger charge is 2.51. The molecule has 2 heterocycles. The van der Waals surface area contributed by atoms with Crippen molar-refractivity contribution in [2.75, 3.05) is 5.32 Å². The number of fused-ring (bicyclic) bond motifs is 4. The highest BCUT2D eigenvalue weighted by Crippen LogP contribution is 2.46. The first-order valence-corrected chi connectivity index (χ1v) is 8.43. The van der Waals surface area contributed by atoms with Crippen molar-refractivity contribution in [3.8, 4) is 5.75 Å². The Morgan fingerprint density at radius 3 is 2.68 bits per heavy atom. The van der Waals surface area contributed by atoms with Crippen LogP contribution < -0.4 is 15.4 Å². The maximum atomic E-state index is 12.9. The molecule has 4 rings (SSSR count). The Bertz CT molecular complexity index is 846. The average Bonchev–Trinajstić information content (AvgIpc) is 2.56. The van der Waals surface area contributed by atoms with Crippen molar-refractivity contribution in [3.05, 3.63) is 59.7 Å². The Morgan fingerprint density at radius 1 is 1.20 bits per heavy atom. The highest BCUT2D eigenvalue weighted by atomic mass is 16.5. The molecule has 5 heteroatoms. The SMILES string of the molecule is Cc1ccc(NC(=O)[C@@H]2C(=O)N[C@]3(C)C[C@@H]2c2ccccc2O3)cc1. The number of amides is 2. The van der Waals surface area contributed by atoms with Crippen LogP contribution in [-0.4, -0.2) is 17.5 Å². The zero-order valence-electron chi connectivity index (χ0n) is 14.2. The van der Waals surface area contributed by atoms with Gasteiger partial charge >= 0.3 is 0 Å². The summed E-state index contributed by atoms with van der Waals surface area (Å²) in [5.74, 6) is -0.828. The molecule has 2 aliphatic heterocycles. The molecule has 2 aliphatic rings. The van der Waals surface area contributed by atoms with Gasteiger partial charge in [0.05, 0.1) is 0 Å². The van der Waals surface area contributed by atoms with Crippen LogP contribution in [-0.2, 0) is 9.59 Å². The molecule has 2 N–H and O–H groups in total. The lowest BCUT2D eigenvalue weighted by Gasteiger charge is -2.46. The van der Waals surface area contributed by atoms with Crippen LogP contribution >= 0.6 is 0 Å². The van der Waals surface area contributed by atoms with Gasteiger partial charge < -0.3 is 15.4 Å². The van der Waals surface area contributed by atoms with E-state index in [1.54, 1.807) is 0 Å². The van der Waals surface area contributed by atoms with Crippen LogP contribution in [0, 0.1) is 12.8 Å². The van der Waals surface area contributed by atoms with Crippen LogP contribution in [0.3, 0.4) is 0 Å². The number of hydrogen-bond acceptors (Lipinski definition) is 3. The predicted molar refractivity (Wildman–Crippen MR) is 94.3 cm³/mol. The topological polar surface area (TPSA) is 67.4 Å². The standard InChI is InChI=1S/C20H20N2O3/c1-12-7-9-13(10-8-12)21-18(23)17-15-11-20(2,22-19(17)24)25-16-6-4-3-5-14(15)16/h3-10,15,17H,11H2,1-2H3,(H,21,23)(H,22,24)/t15-,17-,20+/m1/s1. The van der Waals surface area contributed by atoms with Crippen LogP contribution in [0.5, 0.6) is 5.75 Å². The summed E-state index contributed by atoms with van der Waals surface area (Å²) in [5, 5.41) is 5.74. The van der Waals surface area contributed by atoms with Gasteiger partial charge in [0.15, 0.2) is 5.72 Å². The van der Waals surface area contributed by atoms with Gasteiger partial charge in [-0.05, 0) is 37.6 Å². The van der Waals surface area contributed by atoms with Gasteiger partial charge in [-0.2, -0.15) is 0 Å². The normalized spacial score (nSPS) is 26.9. The maximum absolute atomic E-state index is 12.9. The molecule has 0 aliphatic carbocycles. The van der Waals surface area contributed by atoms with Crippen molar-refractivity contribution in [1.82, 2.24) is 5.32 Å². The van der Waals surface area contributed by atoms with Gasteiger partial charge in [-0.15, -0.1) is 0 Å². The minimum atomic E-state index is -0.778. The zero-order valence-corrected chi connectivity index (χ0v) is 14.2. The summed E-state index contributed by atoms with van der Waals surface area (Å²) in [6, 6.07) is 15.2. The van der Waals surface area contributed by atoms with Gasteiger partial charge in [0.25, 0.3) is 0 Å². The van der Waals surface area contributed by atoms with E-state index in [-0.39, 0.29) is 17.7 Å². The lowest BCUT2D eigenvalue weighted by molar-refractivity contribution is -0.145. The third kappa shape index (κ3) is 2.76. The summed E-state index contributed by atoms with van der Waals surface area (Å²) in [6.07, 6.45) is 0.571. The van der Waals surface area contributed by atoms with E-state index in [0.717, 1.165) is 16.9 Å². The molecule has 2 aromatic rings. The molecule has 0 unspecified atom stereocenters. The molecule has 25 heavy (non-hydrogen) atoms. The van der Waals surface area contributed by atoms with Crippen LogP contribution in [0.25, 0.3) is 0 Å². The van der Waals surface area contributed by atoms with Crippen molar-refractivity contribution in [1.29, 1.82) is 0 Å². The van der Waals surface area contributed by atoms with Crippen molar-refractivity contribution in [2.24, 2.45) is 5.92 Å². The second kappa shape index (κ2) is 5.62. The molecule has 2 bridgehead atoms. The smallest absolute Gasteiger partial charge is 0.237 e. The largest absolute Gasteiger partial charge is 0.468 e. The lowest BCUT2D eigenvalue weighted by Crippen LogP contribution is -2.62. The van der Waals surface area contributed by atoms with E-state index in [1.165, 1.54) is 0 Å². The van der Waals surface area contributed by atoms with Gasteiger partial charge in [-0.3, -0.25) is 9.59 Å². The first-order valence-electron chi connectivity index (χ1n) is 8.43. The number of carbonyl (C=O) groups excluding carboxylic acids is 2. The maximum Gasteiger partial charge on any atom is 0.237 e. The minimum Gasteiger partial charge on any atom is -0.468 e. The molecule has 3 atom stereocenters. The molecule has 2 amide bonds. The Hall–Kier alpha value is -2.82. The molecule has 1 fully saturated rings. The molecule has 128 valence electrons. The summed E-state index contributed by atoms with van der Waals surface area (Å²) < 4.78 is 5.96. The van der Waals surface area contributed by atoms with E-state index >= 15 is 0 Å². The molecule has 2 aromatic carbocycles. The quantitative estimate of drug-likeness (QED) is 0.829. The number of rotatable bonds is 2. The number of ether oxygens (including phenoxy) is 1. The Labute approximate surface area is 146 Å². The van der Waals surface area contributed by atoms with Crippen LogP contribution in [0.1, 0.15) is 30.4 Å². The molecule has 1 saturated heterocycles. The zero-order chi connectivity index (χ0) is 17.6. The van der Waals surface area contributed by atoms with Crippen LogP contribution in [0.15, 0.2) is 48.5 Å². The number of hydrogen-bond donors (Lipinski definition) is 2. The second-order valence-electron chi connectivity index (χ2n) is 7.00. The van der Waals surface area contributed by atoms with Crippen molar-refractivity contribution in [3.63, 3.8) is 0 Å². The van der Waals surface area contributed by atoms with Gasteiger partial charge in [0.1, 0.15) is 11.7 Å². The molecule has 0 radical (unpaired) electrons. The summed E-state index contributed by atoms with van der Waals surface area (Å²) in [7, 11) is 0. The predicted octanol–water partition coefficient (Wildman–Crippen LogP) is 2.96. The molecular weight excluding hydrogens is 316 g/mol. The first kappa shape index (κ1) is 15.7. The van der Waals surface area contributed by atoms with E-state index in [9.17, 15) is 9.59 Å². The summed E-state index contributed by atoms with van der Waals surface area (Å²) in [5.41, 5.74) is 1.95. The van der Waals surface area contributed by atoms with E-state index in [1.807, 2.05) is 62.4 Å². The fraction of sp³-hybridized carbons (Fsp3) is 0.300. The highest BCUT2D eigenvalue weighted by molar-refractivity contribution is 6.08. The number of para-hydroxylation sites is 1. The Kier molecular flexibility index (Phi) is 3.53. The van der Waals surface area contributed by atoms with Crippen LogP contribution in [0.4, 0.5) is 5.69 Å². The lowest BCUT2D eigenvalue weighted by atomic mass is 9.74. The second-order valence-corrected chi connectivity index (χ2v) is 7.00. The molecular formula is C20H20N2O3. The number of aryl methyl sites for hydroxylation is 1. The Balaban J connectivity index is 1.66. The summed E-state index contributed by atoms with van der Waals surface area (Å²) in [6.45, 7) is 3.84. The van der Waals surface area contributed by atoms with E-state index in [4.69, 9.17) is 4.74 Å². The molecule has 5 nitrogen and oxygen atoms in total. The third-order valence-electron chi connectivity index (χ3n) is 4.94. The average molecular weight is 336 g/mol. The van der Waals surface area contributed by atoms with E-state index < -0.39 is 11.6 Å². The number of anilines is 1. The number of carbonyl (C=O) groups is 2. The number of piperidine rings is 1. The fourth-order valence-corrected chi connectivity index (χ4v) is 3.75. The van der Waals surface area contributed by atoms with Gasteiger partial charge in [0.2, 0.25) is 11.8 Å². The third-order valence-corrected chi connectivity index (χ3v) is 4.94. The van der Waals surface area contributed by atoms with Crippen molar-refractivity contribution < 1.29 is 14.3 Å². The first-order chi connectivity index (χ1) is 12.0. The van der Waals surface area contributed by atoms with E-state index in [0.29, 0.717) is 12.1 Å².